The van der Waals surface area contributed by atoms with Gasteiger partial charge in [0.15, 0.2) is 0 Å². The number of methoxy groups -OCH3 is 1. The van der Waals surface area contributed by atoms with E-state index in [1.807, 2.05) is 60.7 Å². The molecule has 7 nitrogen and oxygen atoms in total. The van der Waals surface area contributed by atoms with Crippen molar-refractivity contribution in [3.63, 3.8) is 0 Å². The highest BCUT2D eigenvalue weighted by Crippen LogP contribution is 2.27. The number of amides is 1. The van der Waals surface area contributed by atoms with E-state index in [0.717, 1.165) is 59.8 Å². The number of pyridine rings is 1. The Kier molecular flexibility index (Phi) is 5.46. The number of H-pyrrole nitrogens is 1. The van der Waals surface area contributed by atoms with E-state index in [2.05, 4.69) is 20.2 Å². The van der Waals surface area contributed by atoms with Crippen LogP contribution in [-0.4, -0.2) is 41.1 Å². The Balaban J connectivity index is 1.38. The molecule has 3 heterocycles. The first-order valence-electron chi connectivity index (χ1n) is 10.8. The van der Waals surface area contributed by atoms with Gasteiger partial charge in [0.2, 0.25) is 0 Å². The maximum atomic E-state index is 13.1. The van der Waals surface area contributed by atoms with E-state index in [1.54, 1.807) is 7.11 Å². The fraction of sp³-hybridized carbons (Fsp3) is 0.240. The maximum Gasteiger partial charge on any atom is 0.255 e. The molecule has 162 valence electrons. The molecule has 4 aromatic rings. The van der Waals surface area contributed by atoms with Crippen LogP contribution in [0.4, 0.5) is 5.82 Å². The van der Waals surface area contributed by atoms with Crippen molar-refractivity contribution in [1.82, 2.24) is 20.3 Å². The average Bonchev–Trinajstić information content (AvgIpc) is 3.52. The fourth-order valence-corrected chi connectivity index (χ4v) is 4.08. The quantitative estimate of drug-likeness (QED) is 0.483. The summed E-state index contributed by atoms with van der Waals surface area (Å²) < 4.78 is 5.26. The van der Waals surface area contributed by atoms with Crippen molar-refractivity contribution in [2.75, 3.05) is 25.1 Å². The van der Waals surface area contributed by atoms with Crippen molar-refractivity contribution in [3.8, 4) is 17.0 Å². The van der Waals surface area contributed by atoms with Crippen molar-refractivity contribution < 1.29 is 9.53 Å². The molecular weight excluding hydrogens is 402 g/mol. The summed E-state index contributed by atoms with van der Waals surface area (Å²) >= 11 is 0. The van der Waals surface area contributed by atoms with Crippen LogP contribution in [0.3, 0.4) is 0 Å². The topological polar surface area (TPSA) is 83.1 Å². The number of benzene rings is 2. The lowest BCUT2D eigenvalue weighted by atomic mass is 10.1. The van der Waals surface area contributed by atoms with Gasteiger partial charge in [-0.3, -0.25) is 4.79 Å². The number of ether oxygens (including phenoxy) is 1. The maximum absolute atomic E-state index is 13.1. The second-order valence-corrected chi connectivity index (χ2v) is 7.88. The lowest BCUT2D eigenvalue weighted by Crippen LogP contribution is -2.28. The van der Waals surface area contributed by atoms with Gasteiger partial charge in [0.25, 0.3) is 5.91 Å². The third-order valence-electron chi connectivity index (χ3n) is 5.75. The molecule has 2 aromatic heterocycles. The molecule has 32 heavy (non-hydrogen) atoms. The van der Waals surface area contributed by atoms with Crippen molar-refractivity contribution in [3.05, 3.63) is 72.1 Å². The molecule has 2 aromatic carbocycles. The molecule has 7 heteroatoms. The Hall–Kier alpha value is -3.87. The third kappa shape index (κ3) is 4.01. The minimum Gasteiger partial charge on any atom is -0.497 e. The lowest BCUT2D eigenvalue weighted by Gasteiger charge is -2.20. The summed E-state index contributed by atoms with van der Waals surface area (Å²) in [5, 5.41) is 3.00. The molecule has 1 amide bonds. The zero-order valence-corrected chi connectivity index (χ0v) is 18.0. The Morgan fingerprint density at radius 1 is 1.06 bits per heavy atom. The number of aromatic nitrogens is 3. The number of carbonyl (C=O) groups is 1. The molecule has 1 saturated heterocycles. The van der Waals surface area contributed by atoms with Crippen molar-refractivity contribution in [2.45, 2.75) is 19.4 Å². The van der Waals surface area contributed by atoms with Crippen LogP contribution in [0.5, 0.6) is 5.75 Å². The Morgan fingerprint density at radius 2 is 1.88 bits per heavy atom. The first-order valence-corrected chi connectivity index (χ1v) is 10.8. The molecule has 2 N–H and O–H groups in total. The monoisotopic (exact) mass is 427 g/mol. The number of carbonyl (C=O) groups excluding carboxylic acids is 1. The standard InChI is InChI=1S/C25H25N5O2/c1-32-18-9-11-21-22(15-18)28-23(27-21)16-26-25(31)19-10-12-20(17-7-3-2-4-8-17)29-24(19)30-13-5-6-14-30/h2-4,7-12,15H,5-6,13-14,16H2,1H3,(H,26,31)(H,27,28). The number of nitrogens with one attached hydrogen (secondary N) is 2. The molecule has 0 radical (unpaired) electrons. The van der Waals surface area contributed by atoms with E-state index in [0.29, 0.717) is 17.9 Å². The Morgan fingerprint density at radius 3 is 2.66 bits per heavy atom. The van der Waals surface area contributed by atoms with Crippen LogP contribution >= 0.6 is 0 Å². The first kappa shape index (κ1) is 20.1. The van der Waals surface area contributed by atoms with Crippen LogP contribution < -0.4 is 15.0 Å². The summed E-state index contributed by atoms with van der Waals surface area (Å²) in [6, 6.07) is 19.5. The zero-order chi connectivity index (χ0) is 21.9. The number of hydrogen-bond acceptors (Lipinski definition) is 5. The zero-order valence-electron chi connectivity index (χ0n) is 18.0. The largest absolute Gasteiger partial charge is 0.497 e. The summed E-state index contributed by atoms with van der Waals surface area (Å²) in [5.74, 6) is 2.04. The summed E-state index contributed by atoms with van der Waals surface area (Å²) in [7, 11) is 1.63. The molecule has 0 aliphatic carbocycles. The number of nitrogens with zero attached hydrogens (tertiary/aromatic N) is 3. The molecule has 0 unspecified atom stereocenters. The molecule has 0 spiro atoms. The SMILES string of the molecule is COc1ccc2nc(CNC(=O)c3ccc(-c4ccccc4)nc3N3CCCC3)[nH]c2c1. The number of fused-ring (bicyclic) bond motifs is 1. The van der Waals surface area contributed by atoms with Gasteiger partial charge in [-0.25, -0.2) is 9.97 Å². The van der Waals surface area contributed by atoms with Gasteiger partial charge in [-0.2, -0.15) is 0 Å². The third-order valence-corrected chi connectivity index (χ3v) is 5.75. The molecule has 1 aliphatic rings. The van der Waals surface area contributed by atoms with Crippen LogP contribution in [0.15, 0.2) is 60.7 Å². The Labute approximate surface area is 186 Å². The van der Waals surface area contributed by atoms with Crippen molar-refractivity contribution in [1.29, 1.82) is 0 Å². The van der Waals surface area contributed by atoms with Crippen LogP contribution in [0, 0.1) is 0 Å². The van der Waals surface area contributed by atoms with Gasteiger partial charge in [0.05, 0.1) is 35.9 Å². The molecule has 5 rings (SSSR count). The van der Waals surface area contributed by atoms with Crippen LogP contribution in [-0.2, 0) is 6.54 Å². The second kappa shape index (κ2) is 8.70. The highest BCUT2D eigenvalue weighted by atomic mass is 16.5. The van der Waals surface area contributed by atoms with Gasteiger partial charge in [0.1, 0.15) is 17.4 Å². The van der Waals surface area contributed by atoms with E-state index in [4.69, 9.17) is 9.72 Å². The van der Waals surface area contributed by atoms with Gasteiger partial charge in [-0.15, -0.1) is 0 Å². The molecule has 0 saturated carbocycles. The summed E-state index contributed by atoms with van der Waals surface area (Å²) in [4.78, 5) is 28.0. The molecule has 1 aliphatic heterocycles. The number of anilines is 1. The number of rotatable bonds is 6. The molecule has 1 fully saturated rings. The fourth-order valence-electron chi connectivity index (χ4n) is 4.08. The van der Waals surface area contributed by atoms with E-state index >= 15 is 0 Å². The van der Waals surface area contributed by atoms with Crippen LogP contribution in [0.1, 0.15) is 29.0 Å². The minimum atomic E-state index is -0.156. The van der Waals surface area contributed by atoms with E-state index < -0.39 is 0 Å². The number of imidazole rings is 1. The highest BCUT2D eigenvalue weighted by molar-refractivity contribution is 5.99. The van der Waals surface area contributed by atoms with Gasteiger partial charge in [0, 0.05) is 24.7 Å². The van der Waals surface area contributed by atoms with E-state index in [1.165, 1.54) is 0 Å². The average molecular weight is 428 g/mol. The lowest BCUT2D eigenvalue weighted by molar-refractivity contribution is 0.0950. The van der Waals surface area contributed by atoms with Crippen molar-refractivity contribution >= 4 is 22.8 Å². The molecular formula is C25H25N5O2. The Bertz CT molecular complexity index is 1250. The van der Waals surface area contributed by atoms with Gasteiger partial charge < -0.3 is 19.9 Å². The summed E-state index contributed by atoms with van der Waals surface area (Å²) in [6.07, 6.45) is 2.22. The summed E-state index contributed by atoms with van der Waals surface area (Å²) in [6.45, 7) is 2.13. The highest BCUT2D eigenvalue weighted by Gasteiger charge is 2.22. The van der Waals surface area contributed by atoms with Crippen molar-refractivity contribution in [2.24, 2.45) is 0 Å². The van der Waals surface area contributed by atoms with E-state index in [9.17, 15) is 4.79 Å². The van der Waals surface area contributed by atoms with Gasteiger partial charge in [-0.1, -0.05) is 30.3 Å². The predicted octanol–water partition coefficient (Wildman–Crippen LogP) is 4.16. The minimum absolute atomic E-state index is 0.156. The van der Waals surface area contributed by atoms with Gasteiger partial charge >= 0.3 is 0 Å². The second-order valence-electron chi connectivity index (χ2n) is 7.88. The smallest absolute Gasteiger partial charge is 0.255 e. The molecule has 0 bridgehead atoms. The summed E-state index contributed by atoms with van der Waals surface area (Å²) in [5.41, 5.74) is 4.21. The first-order chi connectivity index (χ1) is 15.7. The predicted molar refractivity (Wildman–Crippen MR) is 125 cm³/mol. The van der Waals surface area contributed by atoms with Crippen LogP contribution in [0.25, 0.3) is 22.3 Å². The number of aromatic amines is 1. The van der Waals surface area contributed by atoms with Gasteiger partial charge in [-0.05, 0) is 37.1 Å². The number of hydrogen-bond donors (Lipinski definition) is 2. The van der Waals surface area contributed by atoms with E-state index in [-0.39, 0.29) is 5.91 Å². The van der Waals surface area contributed by atoms with Crippen LogP contribution in [0.2, 0.25) is 0 Å². The molecule has 0 atom stereocenters. The normalized spacial score (nSPS) is 13.5.